The molecule has 0 aliphatic rings. The monoisotopic (exact) mass is 398 g/mol. The summed E-state index contributed by atoms with van der Waals surface area (Å²) in [6, 6.07) is 17.5. The lowest BCUT2D eigenvalue weighted by Gasteiger charge is -2.12. The summed E-state index contributed by atoms with van der Waals surface area (Å²) in [7, 11) is 0. The SMILES string of the molecule is NC(=O)c1cc(NC(=O)c2ccccc2OCc2ccc(Cl)cc2)ccc1F. The minimum Gasteiger partial charge on any atom is -0.488 e. The molecule has 3 rings (SSSR count). The number of carbonyl (C=O) groups excluding carboxylic acids is 2. The lowest BCUT2D eigenvalue weighted by atomic mass is 10.1. The second-order valence-electron chi connectivity index (χ2n) is 5.92. The summed E-state index contributed by atoms with van der Waals surface area (Å²) in [6.45, 7) is 0.254. The number of nitrogens with two attached hydrogens (primary N) is 1. The van der Waals surface area contributed by atoms with Crippen molar-refractivity contribution in [2.45, 2.75) is 6.61 Å². The highest BCUT2D eigenvalue weighted by Crippen LogP contribution is 2.22. The maximum Gasteiger partial charge on any atom is 0.259 e. The first kappa shape index (κ1) is 19.4. The van der Waals surface area contributed by atoms with E-state index < -0.39 is 17.6 Å². The number of rotatable bonds is 6. The van der Waals surface area contributed by atoms with Crippen LogP contribution in [0.4, 0.5) is 10.1 Å². The standard InChI is InChI=1S/C21H16ClFN2O3/c22-14-7-5-13(6-8-14)12-28-19-4-2-1-3-16(19)21(27)25-15-9-10-18(23)17(11-15)20(24)26/h1-11H,12H2,(H2,24,26)(H,25,27). The number of carbonyl (C=O) groups is 2. The number of hydrogen-bond donors (Lipinski definition) is 2. The number of primary amides is 1. The van der Waals surface area contributed by atoms with E-state index in [0.29, 0.717) is 16.3 Å². The fraction of sp³-hybridized carbons (Fsp3) is 0.0476. The fourth-order valence-electron chi connectivity index (χ4n) is 2.51. The number of halogens is 2. The van der Waals surface area contributed by atoms with Gasteiger partial charge in [-0.25, -0.2) is 4.39 Å². The molecule has 0 aromatic heterocycles. The van der Waals surface area contributed by atoms with Crippen LogP contribution in [0.15, 0.2) is 66.7 Å². The molecule has 0 aliphatic carbocycles. The van der Waals surface area contributed by atoms with Gasteiger partial charge < -0.3 is 15.8 Å². The Bertz CT molecular complexity index is 1020. The minimum absolute atomic E-state index is 0.243. The molecular weight excluding hydrogens is 383 g/mol. The van der Waals surface area contributed by atoms with E-state index in [2.05, 4.69) is 5.32 Å². The van der Waals surface area contributed by atoms with Gasteiger partial charge in [0.1, 0.15) is 18.2 Å². The number of ether oxygens (including phenoxy) is 1. The molecule has 0 unspecified atom stereocenters. The van der Waals surface area contributed by atoms with Crippen LogP contribution in [0.2, 0.25) is 5.02 Å². The maximum absolute atomic E-state index is 13.6. The summed E-state index contributed by atoms with van der Waals surface area (Å²) < 4.78 is 19.4. The largest absolute Gasteiger partial charge is 0.488 e. The molecule has 0 saturated carbocycles. The van der Waals surface area contributed by atoms with Gasteiger partial charge in [-0.1, -0.05) is 35.9 Å². The van der Waals surface area contributed by atoms with Crippen molar-refractivity contribution < 1.29 is 18.7 Å². The first-order chi connectivity index (χ1) is 13.4. The lowest BCUT2D eigenvalue weighted by molar-refractivity contribution is 0.0992. The predicted molar refractivity (Wildman–Crippen MR) is 105 cm³/mol. The van der Waals surface area contributed by atoms with Crippen LogP contribution in [0.5, 0.6) is 5.75 Å². The molecule has 142 valence electrons. The van der Waals surface area contributed by atoms with Crippen LogP contribution < -0.4 is 15.8 Å². The number of para-hydroxylation sites is 1. The van der Waals surface area contributed by atoms with Crippen LogP contribution in [0.3, 0.4) is 0 Å². The van der Waals surface area contributed by atoms with Gasteiger partial charge in [0.05, 0.1) is 11.1 Å². The van der Waals surface area contributed by atoms with E-state index in [1.165, 1.54) is 12.1 Å². The number of nitrogens with one attached hydrogen (secondary N) is 1. The Hall–Kier alpha value is -3.38. The van der Waals surface area contributed by atoms with Gasteiger partial charge >= 0.3 is 0 Å². The van der Waals surface area contributed by atoms with Gasteiger partial charge in [0.25, 0.3) is 11.8 Å². The first-order valence-electron chi connectivity index (χ1n) is 8.31. The molecular formula is C21H16ClFN2O3. The molecule has 28 heavy (non-hydrogen) atoms. The molecule has 7 heteroatoms. The van der Waals surface area contributed by atoms with Crippen molar-refractivity contribution in [1.82, 2.24) is 0 Å². The molecule has 0 bridgehead atoms. The van der Waals surface area contributed by atoms with Crippen molar-refractivity contribution in [2.24, 2.45) is 5.73 Å². The summed E-state index contributed by atoms with van der Waals surface area (Å²) >= 11 is 5.87. The molecule has 3 aromatic rings. The fourth-order valence-corrected chi connectivity index (χ4v) is 2.64. The zero-order valence-electron chi connectivity index (χ0n) is 14.6. The minimum atomic E-state index is -0.916. The molecule has 3 aromatic carbocycles. The van der Waals surface area contributed by atoms with Gasteiger partial charge in [0.2, 0.25) is 0 Å². The van der Waals surface area contributed by atoms with Crippen molar-refractivity contribution in [3.8, 4) is 5.75 Å². The third kappa shape index (κ3) is 4.66. The molecule has 0 fully saturated rings. The third-order valence-electron chi connectivity index (χ3n) is 3.93. The van der Waals surface area contributed by atoms with E-state index >= 15 is 0 Å². The van der Waals surface area contributed by atoms with Crippen molar-refractivity contribution in [2.75, 3.05) is 5.32 Å². The summed E-state index contributed by atoms with van der Waals surface area (Å²) in [5.41, 5.74) is 6.26. The Morgan fingerprint density at radius 1 is 1.00 bits per heavy atom. The predicted octanol–water partition coefficient (Wildman–Crippen LogP) is 4.41. The van der Waals surface area contributed by atoms with Crippen LogP contribution in [0.1, 0.15) is 26.3 Å². The second kappa shape index (κ2) is 8.54. The second-order valence-corrected chi connectivity index (χ2v) is 6.36. The Morgan fingerprint density at radius 3 is 2.43 bits per heavy atom. The van der Waals surface area contributed by atoms with E-state index in [1.807, 2.05) is 12.1 Å². The van der Waals surface area contributed by atoms with Crippen molar-refractivity contribution in [1.29, 1.82) is 0 Å². The molecule has 2 amide bonds. The van der Waals surface area contributed by atoms with Gasteiger partial charge in [0, 0.05) is 10.7 Å². The maximum atomic E-state index is 13.6. The molecule has 0 heterocycles. The highest BCUT2D eigenvalue weighted by Gasteiger charge is 2.15. The molecule has 0 saturated heterocycles. The summed E-state index contributed by atoms with van der Waals surface area (Å²) in [5.74, 6) is -1.75. The van der Waals surface area contributed by atoms with E-state index in [0.717, 1.165) is 11.6 Å². The molecule has 3 N–H and O–H groups in total. The molecule has 0 spiro atoms. The van der Waals surface area contributed by atoms with Crippen molar-refractivity contribution in [3.63, 3.8) is 0 Å². The van der Waals surface area contributed by atoms with Crippen LogP contribution in [-0.2, 0) is 6.61 Å². The number of amides is 2. The topological polar surface area (TPSA) is 81.4 Å². The van der Waals surface area contributed by atoms with E-state index in [-0.39, 0.29) is 17.9 Å². The molecule has 5 nitrogen and oxygen atoms in total. The van der Waals surface area contributed by atoms with Gasteiger partial charge in [-0.2, -0.15) is 0 Å². The van der Waals surface area contributed by atoms with Gasteiger partial charge in [-0.15, -0.1) is 0 Å². The molecule has 0 aliphatic heterocycles. The Labute approximate surface area is 165 Å². The number of anilines is 1. The number of hydrogen-bond acceptors (Lipinski definition) is 3. The molecule has 0 radical (unpaired) electrons. The quantitative estimate of drug-likeness (QED) is 0.645. The van der Waals surface area contributed by atoms with Gasteiger partial charge in [-0.05, 0) is 48.0 Å². The molecule has 0 atom stereocenters. The van der Waals surface area contributed by atoms with Crippen LogP contribution in [0, 0.1) is 5.82 Å². The smallest absolute Gasteiger partial charge is 0.259 e. The highest BCUT2D eigenvalue weighted by molar-refractivity contribution is 6.30. The van der Waals surface area contributed by atoms with Crippen molar-refractivity contribution >= 4 is 29.1 Å². The first-order valence-corrected chi connectivity index (χ1v) is 8.69. The zero-order chi connectivity index (χ0) is 20.1. The zero-order valence-corrected chi connectivity index (χ0v) is 15.4. The Morgan fingerprint density at radius 2 is 1.71 bits per heavy atom. The average molecular weight is 399 g/mol. The van der Waals surface area contributed by atoms with Gasteiger partial charge in [0.15, 0.2) is 0 Å². The normalized spacial score (nSPS) is 10.4. The Kier molecular flexibility index (Phi) is 5.91. The van der Waals surface area contributed by atoms with Crippen LogP contribution in [-0.4, -0.2) is 11.8 Å². The average Bonchev–Trinajstić information content (AvgIpc) is 2.69. The van der Waals surface area contributed by atoms with E-state index in [9.17, 15) is 14.0 Å². The summed E-state index contributed by atoms with van der Waals surface area (Å²) in [4.78, 5) is 23.9. The van der Waals surface area contributed by atoms with Crippen LogP contribution in [0.25, 0.3) is 0 Å². The third-order valence-corrected chi connectivity index (χ3v) is 4.18. The lowest BCUT2D eigenvalue weighted by Crippen LogP contribution is -2.16. The van der Waals surface area contributed by atoms with Gasteiger partial charge in [-0.3, -0.25) is 9.59 Å². The van der Waals surface area contributed by atoms with E-state index in [4.69, 9.17) is 22.1 Å². The highest BCUT2D eigenvalue weighted by atomic mass is 35.5. The van der Waals surface area contributed by atoms with Crippen molar-refractivity contribution in [3.05, 3.63) is 94.3 Å². The Balaban J connectivity index is 1.76. The van der Waals surface area contributed by atoms with E-state index in [1.54, 1.807) is 36.4 Å². The summed E-state index contributed by atoms with van der Waals surface area (Å²) in [6.07, 6.45) is 0. The van der Waals surface area contributed by atoms with Crippen LogP contribution >= 0.6 is 11.6 Å². The summed E-state index contributed by atoms with van der Waals surface area (Å²) in [5, 5.41) is 3.24. The number of benzene rings is 3.